The molecule has 0 atom stereocenters. The maximum Gasteiger partial charge on any atom is 0.193 e. The molecule has 0 aromatic rings. The number of aliphatic imine (C=N–C) groups is 1. The SMILES string of the molecule is CC=CCCN=C(NCC)N1CCC(O)CC1.I. The van der Waals surface area contributed by atoms with Crippen LogP contribution in [-0.2, 0) is 0 Å². The molecule has 1 heterocycles. The van der Waals surface area contributed by atoms with Crippen molar-refractivity contribution in [3.8, 4) is 0 Å². The number of piperidine rings is 1. The average Bonchev–Trinajstić information content (AvgIpc) is 2.34. The summed E-state index contributed by atoms with van der Waals surface area (Å²) in [5.74, 6) is 0.990. The zero-order valence-electron chi connectivity index (χ0n) is 11.4. The third kappa shape index (κ3) is 6.58. The van der Waals surface area contributed by atoms with Crippen molar-refractivity contribution >= 4 is 29.9 Å². The minimum atomic E-state index is -0.128. The summed E-state index contributed by atoms with van der Waals surface area (Å²) in [6.07, 6.45) is 6.74. The maximum absolute atomic E-state index is 9.49. The first kappa shape index (κ1) is 17.7. The van der Waals surface area contributed by atoms with Crippen molar-refractivity contribution in [3.05, 3.63) is 12.2 Å². The van der Waals surface area contributed by atoms with Crippen LogP contribution in [0.4, 0.5) is 0 Å². The van der Waals surface area contributed by atoms with Crippen molar-refractivity contribution in [2.24, 2.45) is 4.99 Å². The van der Waals surface area contributed by atoms with E-state index in [9.17, 15) is 5.11 Å². The summed E-state index contributed by atoms with van der Waals surface area (Å²) in [6, 6.07) is 0. The molecule has 0 bridgehead atoms. The van der Waals surface area contributed by atoms with E-state index in [1.807, 2.05) is 6.92 Å². The maximum atomic E-state index is 9.49. The largest absolute Gasteiger partial charge is 0.393 e. The Morgan fingerprint density at radius 1 is 1.44 bits per heavy atom. The molecule has 2 N–H and O–H groups in total. The quantitative estimate of drug-likeness (QED) is 0.263. The topological polar surface area (TPSA) is 47.9 Å². The van der Waals surface area contributed by atoms with Gasteiger partial charge in [0.2, 0.25) is 0 Å². The molecule has 0 spiro atoms. The van der Waals surface area contributed by atoms with E-state index in [0.717, 1.165) is 51.4 Å². The highest BCUT2D eigenvalue weighted by Gasteiger charge is 2.19. The number of guanidine groups is 1. The second-order valence-electron chi connectivity index (χ2n) is 4.31. The predicted molar refractivity (Wildman–Crippen MR) is 87.6 cm³/mol. The van der Waals surface area contributed by atoms with Gasteiger partial charge >= 0.3 is 0 Å². The van der Waals surface area contributed by atoms with Crippen molar-refractivity contribution in [1.82, 2.24) is 10.2 Å². The number of hydrogen-bond donors (Lipinski definition) is 2. The lowest BCUT2D eigenvalue weighted by Gasteiger charge is -2.32. The normalized spacial score (nSPS) is 17.9. The molecular formula is C13H26IN3O. The molecule has 0 unspecified atom stereocenters. The van der Waals surface area contributed by atoms with Crippen LogP contribution in [0.5, 0.6) is 0 Å². The molecule has 5 heteroatoms. The molecule has 1 saturated heterocycles. The van der Waals surface area contributed by atoms with Gasteiger partial charge in [0.15, 0.2) is 5.96 Å². The van der Waals surface area contributed by atoms with Crippen molar-refractivity contribution in [2.45, 2.75) is 39.2 Å². The highest BCUT2D eigenvalue weighted by atomic mass is 127. The number of hydrogen-bond acceptors (Lipinski definition) is 2. The number of likely N-dealkylation sites (tertiary alicyclic amines) is 1. The van der Waals surface area contributed by atoms with Crippen LogP contribution in [0, 0.1) is 0 Å². The van der Waals surface area contributed by atoms with Gasteiger partial charge in [-0.15, -0.1) is 24.0 Å². The van der Waals surface area contributed by atoms with E-state index >= 15 is 0 Å². The summed E-state index contributed by atoms with van der Waals surface area (Å²) >= 11 is 0. The molecular weight excluding hydrogens is 341 g/mol. The molecule has 4 nitrogen and oxygen atoms in total. The first-order valence-electron chi connectivity index (χ1n) is 6.60. The summed E-state index contributed by atoms with van der Waals surface area (Å²) in [7, 11) is 0. The van der Waals surface area contributed by atoms with E-state index in [2.05, 4.69) is 34.3 Å². The van der Waals surface area contributed by atoms with Gasteiger partial charge in [0.05, 0.1) is 6.10 Å². The van der Waals surface area contributed by atoms with Crippen LogP contribution >= 0.6 is 24.0 Å². The summed E-state index contributed by atoms with van der Waals surface area (Å²) < 4.78 is 0. The number of allylic oxidation sites excluding steroid dienone is 1. The average molecular weight is 367 g/mol. The fourth-order valence-electron chi connectivity index (χ4n) is 1.92. The molecule has 1 aliphatic rings. The van der Waals surface area contributed by atoms with Gasteiger partial charge in [0, 0.05) is 26.2 Å². The fourth-order valence-corrected chi connectivity index (χ4v) is 1.92. The first-order chi connectivity index (χ1) is 8.27. The summed E-state index contributed by atoms with van der Waals surface area (Å²) in [4.78, 5) is 6.84. The molecule has 0 aliphatic carbocycles. The molecule has 1 aliphatic heterocycles. The van der Waals surface area contributed by atoms with Gasteiger partial charge in [-0.1, -0.05) is 12.2 Å². The van der Waals surface area contributed by atoms with Crippen LogP contribution in [0.2, 0.25) is 0 Å². The number of rotatable bonds is 4. The highest BCUT2D eigenvalue weighted by Crippen LogP contribution is 2.09. The lowest BCUT2D eigenvalue weighted by molar-refractivity contribution is 0.108. The molecule has 1 fully saturated rings. The third-order valence-electron chi connectivity index (χ3n) is 2.89. The Balaban J connectivity index is 0.00000289. The Morgan fingerprint density at radius 2 is 2.11 bits per heavy atom. The van der Waals surface area contributed by atoms with E-state index in [1.165, 1.54) is 0 Å². The van der Waals surface area contributed by atoms with Crippen LogP contribution in [0.1, 0.15) is 33.1 Å². The number of aliphatic hydroxyl groups is 1. The molecule has 1 rings (SSSR count). The first-order valence-corrected chi connectivity index (χ1v) is 6.60. The highest BCUT2D eigenvalue weighted by molar-refractivity contribution is 14.0. The van der Waals surface area contributed by atoms with Crippen LogP contribution in [0.15, 0.2) is 17.1 Å². The summed E-state index contributed by atoms with van der Waals surface area (Å²) in [6.45, 7) is 7.63. The van der Waals surface area contributed by atoms with E-state index in [4.69, 9.17) is 0 Å². The van der Waals surface area contributed by atoms with E-state index in [0.29, 0.717) is 0 Å². The van der Waals surface area contributed by atoms with Gasteiger partial charge in [-0.25, -0.2) is 0 Å². The molecule has 0 amide bonds. The minimum Gasteiger partial charge on any atom is -0.393 e. The molecule has 18 heavy (non-hydrogen) atoms. The van der Waals surface area contributed by atoms with Crippen LogP contribution < -0.4 is 5.32 Å². The Hall–Kier alpha value is -0.300. The monoisotopic (exact) mass is 367 g/mol. The van der Waals surface area contributed by atoms with Crippen LogP contribution in [0.25, 0.3) is 0 Å². The number of halogens is 1. The van der Waals surface area contributed by atoms with E-state index < -0.39 is 0 Å². The fraction of sp³-hybridized carbons (Fsp3) is 0.769. The zero-order valence-corrected chi connectivity index (χ0v) is 13.8. The van der Waals surface area contributed by atoms with Gasteiger partial charge in [-0.2, -0.15) is 0 Å². The predicted octanol–water partition coefficient (Wildman–Crippen LogP) is 1.99. The van der Waals surface area contributed by atoms with Gasteiger partial charge in [-0.05, 0) is 33.1 Å². The minimum absolute atomic E-state index is 0. The molecule has 0 saturated carbocycles. The molecule has 0 aromatic heterocycles. The van der Waals surface area contributed by atoms with Crippen molar-refractivity contribution in [1.29, 1.82) is 0 Å². The van der Waals surface area contributed by atoms with Crippen LogP contribution in [-0.4, -0.2) is 48.2 Å². The Morgan fingerprint density at radius 3 is 2.67 bits per heavy atom. The van der Waals surface area contributed by atoms with Gasteiger partial charge < -0.3 is 15.3 Å². The second kappa shape index (κ2) is 10.6. The van der Waals surface area contributed by atoms with E-state index in [-0.39, 0.29) is 30.1 Å². The molecule has 0 radical (unpaired) electrons. The smallest absolute Gasteiger partial charge is 0.193 e. The van der Waals surface area contributed by atoms with Crippen molar-refractivity contribution in [3.63, 3.8) is 0 Å². The Kier molecular flexibility index (Phi) is 10.4. The second-order valence-corrected chi connectivity index (χ2v) is 4.31. The number of nitrogens with zero attached hydrogens (tertiary/aromatic N) is 2. The van der Waals surface area contributed by atoms with Crippen molar-refractivity contribution in [2.75, 3.05) is 26.2 Å². The van der Waals surface area contributed by atoms with Crippen LogP contribution in [0.3, 0.4) is 0 Å². The van der Waals surface area contributed by atoms with Gasteiger partial charge in [-0.3, -0.25) is 4.99 Å². The number of aliphatic hydroxyl groups excluding tert-OH is 1. The lowest BCUT2D eigenvalue weighted by Crippen LogP contribution is -2.46. The Bertz CT molecular complexity index is 261. The zero-order chi connectivity index (χ0) is 12.5. The summed E-state index contributed by atoms with van der Waals surface area (Å²) in [5, 5.41) is 12.8. The third-order valence-corrected chi connectivity index (χ3v) is 2.89. The van der Waals surface area contributed by atoms with E-state index in [1.54, 1.807) is 0 Å². The van der Waals surface area contributed by atoms with Crippen molar-refractivity contribution < 1.29 is 5.11 Å². The molecule has 0 aromatic carbocycles. The standard InChI is InChI=1S/C13H25N3O.HI/c1-3-5-6-9-15-13(14-4-2)16-10-7-12(17)8-11-16;/h3,5,12,17H,4,6-11H2,1-2H3,(H,14,15);1H. The molecule has 106 valence electrons. The summed E-state index contributed by atoms with van der Waals surface area (Å²) in [5.41, 5.74) is 0. The van der Waals surface area contributed by atoms with Gasteiger partial charge in [0.25, 0.3) is 0 Å². The number of nitrogens with one attached hydrogen (secondary N) is 1. The van der Waals surface area contributed by atoms with Gasteiger partial charge in [0.1, 0.15) is 0 Å². The lowest BCUT2D eigenvalue weighted by atomic mass is 10.1. The Labute approximate surface area is 128 Å².